The fourth-order valence-electron chi connectivity index (χ4n) is 2.94. The van der Waals surface area contributed by atoms with Crippen molar-refractivity contribution in [2.75, 3.05) is 7.11 Å². The van der Waals surface area contributed by atoms with E-state index in [1.165, 1.54) is 0 Å². The molecule has 1 aliphatic carbocycles. The SMILES string of the molecule is CO[C@H]1C[C@@H](n2c(=O)[nH]c3nnc4ccc(Br)cc4c32)C1. The zero-order valence-corrected chi connectivity index (χ0v) is 12.9. The Morgan fingerprint density at radius 1 is 1.38 bits per heavy atom. The number of halogens is 1. The van der Waals surface area contributed by atoms with Gasteiger partial charge in [0.1, 0.15) is 5.52 Å². The van der Waals surface area contributed by atoms with E-state index in [2.05, 4.69) is 31.1 Å². The third-order valence-electron chi connectivity index (χ3n) is 4.15. The van der Waals surface area contributed by atoms with Gasteiger partial charge in [0, 0.05) is 23.0 Å². The van der Waals surface area contributed by atoms with Crippen LogP contribution in [0.3, 0.4) is 0 Å². The van der Waals surface area contributed by atoms with Crippen LogP contribution in [-0.2, 0) is 4.74 Å². The van der Waals surface area contributed by atoms with Crippen LogP contribution in [0.25, 0.3) is 22.1 Å². The Morgan fingerprint density at radius 2 is 2.19 bits per heavy atom. The van der Waals surface area contributed by atoms with Gasteiger partial charge in [-0.15, -0.1) is 10.2 Å². The van der Waals surface area contributed by atoms with Crippen molar-refractivity contribution in [1.82, 2.24) is 19.7 Å². The summed E-state index contributed by atoms with van der Waals surface area (Å²) in [5, 5.41) is 9.21. The summed E-state index contributed by atoms with van der Waals surface area (Å²) in [5.41, 5.74) is 2.00. The Morgan fingerprint density at radius 3 is 2.95 bits per heavy atom. The molecule has 2 aromatic heterocycles. The van der Waals surface area contributed by atoms with Gasteiger partial charge in [-0.3, -0.25) is 9.55 Å². The summed E-state index contributed by atoms with van der Waals surface area (Å²) in [6.45, 7) is 0. The van der Waals surface area contributed by atoms with E-state index in [1.807, 2.05) is 18.2 Å². The summed E-state index contributed by atoms with van der Waals surface area (Å²) in [6, 6.07) is 5.94. The van der Waals surface area contributed by atoms with Crippen molar-refractivity contribution in [1.29, 1.82) is 0 Å². The topological polar surface area (TPSA) is 72.8 Å². The molecule has 0 amide bonds. The number of nitrogens with zero attached hydrogens (tertiary/aromatic N) is 3. The highest BCUT2D eigenvalue weighted by molar-refractivity contribution is 9.10. The zero-order valence-electron chi connectivity index (χ0n) is 11.3. The molecule has 4 rings (SSSR count). The highest BCUT2D eigenvalue weighted by Gasteiger charge is 2.33. The largest absolute Gasteiger partial charge is 0.381 e. The first-order valence-electron chi connectivity index (χ1n) is 6.76. The van der Waals surface area contributed by atoms with Crippen LogP contribution in [0.15, 0.2) is 27.5 Å². The first kappa shape index (κ1) is 13.0. The number of ether oxygens (including phenoxy) is 1. The molecular formula is C14H13BrN4O2. The minimum absolute atomic E-state index is 0.133. The van der Waals surface area contributed by atoms with Crippen LogP contribution in [0.4, 0.5) is 0 Å². The van der Waals surface area contributed by atoms with E-state index >= 15 is 0 Å². The van der Waals surface area contributed by atoms with E-state index in [0.29, 0.717) is 5.65 Å². The molecule has 0 aliphatic heterocycles. The highest BCUT2D eigenvalue weighted by atomic mass is 79.9. The van der Waals surface area contributed by atoms with Crippen molar-refractivity contribution >= 4 is 38.0 Å². The molecule has 3 aromatic rings. The summed E-state index contributed by atoms with van der Waals surface area (Å²) in [5.74, 6) is 0. The van der Waals surface area contributed by atoms with Gasteiger partial charge in [0.15, 0.2) is 5.65 Å². The number of benzene rings is 1. The van der Waals surface area contributed by atoms with Crippen molar-refractivity contribution < 1.29 is 4.74 Å². The first-order valence-corrected chi connectivity index (χ1v) is 7.55. The molecule has 1 N–H and O–H groups in total. The number of methoxy groups -OCH3 is 1. The number of imidazole rings is 1. The fourth-order valence-corrected chi connectivity index (χ4v) is 3.31. The maximum Gasteiger partial charge on any atom is 0.328 e. The molecule has 2 heterocycles. The van der Waals surface area contributed by atoms with Gasteiger partial charge in [-0.1, -0.05) is 15.9 Å². The van der Waals surface area contributed by atoms with E-state index < -0.39 is 0 Å². The molecule has 1 saturated carbocycles. The van der Waals surface area contributed by atoms with Gasteiger partial charge in [0.2, 0.25) is 0 Å². The van der Waals surface area contributed by atoms with E-state index in [-0.39, 0.29) is 17.8 Å². The molecule has 0 unspecified atom stereocenters. The molecule has 1 fully saturated rings. The quantitative estimate of drug-likeness (QED) is 0.771. The number of nitrogens with one attached hydrogen (secondary N) is 1. The van der Waals surface area contributed by atoms with E-state index in [4.69, 9.17) is 4.74 Å². The van der Waals surface area contributed by atoms with Crippen molar-refractivity contribution in [3.05, 3.63) is 33.2 Å². The summed E-state index contributed by atoms with van der Waals surface area (Å²) in [7, 11) is 1.71. The minimum atomic E-state index is -0.133. The number of aromatic amines is 1. The van der Waals surface area contributed by atoms with Crippen molar-refractivity contribution in [2.45, 2.75) is 25.0 Å². The molecule has 0 atom stereocenters. The van der Waals surface area contributed by atoms with E-state index in [9.17, 15) is 4.79 Å². The van der Waals surface area contributed by atoms with Crippen molar-refractivity contribution in [3.63, 3.8) is 0 Å². The Balaban J connectivity index is 1.99. The van der Waals surface area contributed by atoms with Crippen LogP contribution in [0.2, 0.25) is 0 Å². The van der Waals surface area contributed by atoms with Crippen LogP contribution in [0.1, 0.15) is 18.9 Å². The van der Waals surface area contributed by atoms with Gasteiger partial charge in [0.05, 0.1) is 11.6 Å². The second kappa shape index (κ2) is 4.64. The molecule has 21 heavy (non-hydrogen) atoms. The van der Waals surface area contributed by atoms with E-state index in [0.717, 1.165) is 33.7 Å². The molecule has 6 nitrogen and oxygen atoms in total. The molecule has 7 heteroatoms. The first-order chi connectivity index (χ1) is 10.2. The normalized spacial score (nSPS) is 21.8. The Kier molecular flexibility index (Phi) is 2.87. The monoisotopic (exact) mass is 348 g/mol. The molecular weight excluding hydrogens is 336 g/mol. The second-order valence-electron chi connectivity index (χ2n) is 5.34. The molecule has 0 saturated heterocycles. The third-order valence-corrected chi connectivity index (χ3v) is 4.64. The average Bonchev–Trinajstić information content (AvgIpc) is 2.75. The summed E-state index contributed by atoms with van der Waals surface area (Å²) >= 11 is 3.47. The number of hydrogen-bond acceptors (Lipinski definition) is 4. The van der Waals surface area contributed by atoms with Crippen LogP contribution in [-0.4, -0.2) is 33.0 Å². The minimum Gasteiger partial charge on any atom is -0.381 e. The molecule has 0 radical (unpaired) electrons. The molecule has 0 bridgehead atoms. The average molecular weight is 349 g/mol. The van der Waals surface area contributed by atoms with Crippen LogP contribution < -0.4 is 5.69 Å². The maximum atomic E-state index is 12.3. The van der Waals surface area contributed by atoms with Crippen molar-refractivity contribution in [3.8, 4) is 0 Å². The highest BCUT2D eigenvalue weighted by Crippen LogP contribution is 2.36. The number of aromatic nitrogens is 4. The lowest BCUT2D eigenvalue weighted by molar-refractivity contribution is 0.00653. The summed E-state index contributed by atoms with van der Waals surface area (Å²) in [6.07, 6.45) is 1.93. The van der Waals surface area contributed by atoms with Gasteiger partial charge in [-0.25, -0.2) is 4.79 Å². The standard InChI is InChI=1S/C14H13BrN4O2/c1-21-9-5-8(6-9)19-12-10-4-7(15)2-3-11(10)17-18-13(12)16-14(19)20/h2-4,8-9H,5-6H2,1H3,(H,16,18,20)/t8-,9+. The van der Waals surface area contributed by atoms with Gasteiger partial charge >= 0.3 is 5.69 Å². The summed E-state index contributed by atoms with van der Waals surface area (Å²) in [4.78, 5) is 15.1. The van der Waals surface area contributed by atoms with Crippen LogP contribution in [0.5, 0.6) is 0 Å². The van der Waals surface area contributed by atoms with E-state index in [1.54, 1.807) is 11.7 Å². The Labute approximate surface area is 128 Å². The lowest BCUT2D eigenvalue weighted by atomic mass is 9.89. The second-order valence-corrected chi connectivity index (χ2v) is 6.26. The molecule has 1 aliphatic rings. The van der Waals surface area contributed by atoms with Gasteiger partial charge in [-0.2, -0.15) is 0 Å². The predicted molar refractivity (Wildman–Crippen MR) is 82.4 cm³/mol. The summed E-state index contributed by atoms with van der Waals surface area (Å²) < 4.78 is 8.06. The smallest absolute Gasteiger partial charge is 0.328 e. The number of rotatable bonds is 2. The molecule has 108 valence electrons. The third kappa shape index (κ3) is 1.91. The Bertz CT molecular complexity index is 895. The van der Waals surface area contributed by atoms with Crippen molar-refractivity contribution in [2.24, 2.45) is 0 Å². The molecule has 0 spiro atoms. The lowest BCUT2D eigenvalue weighted by Crippen LogP contribution is -2.36. The van der Waals surface area contributed by atoms with Crippen LogP contribution >= 0.6 is 15.9 Å². The zero-order chi connectivity index (χ0) is 14.6. The van der Waals surface area contributed by atoms with Gasteiger partial charge < -0.3 is 4.74 Å². The fraction of sp³-hybridized carbons (Fsp3) is 0.357. The van der Waals surface area contributed by atoms with Gasteiger partial charge in [0.25, 0.3) is 0 Å². The maximum absolute atomic E-state index is 12.3. The number of H-pyrrole nitrogens is 1. The predicted octanol–water partition coefficient (Wildman–Crippen LogP) is 2.39. The number of fused-ring (bicyclic) bond motifs is 3. The van der Waals surface area contributed by atoms with Crippen LogP contribution in [0, 0.1) is 0 Å². The molecule has 1 aromatic carbocycles. The lowest BCUT2D eigenvalue weighted by Gasteiger charge is -2.34. The Hall–Kier alpha value is -1.73. The van der Waals surface area contributed by atoms with Gasteiger partial charge in [-0.05, 0) is 31.0 Å². The number of hydrogen-bond donors (Lipinski definition) is 1.